The van der Waals surface area contributed by atoms with E-state index in [9.17, 15) is 18.8 Å². The largest absolute Gasteiger partial charge is 0.451 e. The van der Waals surface area contributed by atoms with Gasteiger partial charge in [-0.1, -0.05) is 32.0 Å². The zero-order chi connectivity index (χ0) is 20.7. The summed E-state index contributed by atoms with van der Waals surface area (Å²) >= 11 is 1.27. The fourth-order valence-electron chi connectivity index (χ4n) is 2.35. The van der Waals surface area contributed by atoms with Gasteiger partial charge >= 0.3 is 5.97 Å². The lowest BCUT2D eigenvalue weighted by Crippen LogP contribution is -2.47. The molecule has 0 aliphatic rings. The van der Waals surface area contributed by atoms with Crippen LogP contribution in [-0.4, -0.2) is 29.9 Å². The molecule has 0 aliphatic heterocycles. The minimum absolute atomic E-state index is 0.184. The van der Waals surface area contributed by atoms with E-state index in [0.29, 0.717) is 4.88 Å². The van der Waals surface area contributed by atoms with Crippen molar-refractivity contribution in [3.05, 3.63) is 58.0 Å². The Morgan fingerprint density at radius 2 is 1.79 bits per heavy atom. The first-order valence-corrected chi connectivity index (χ1v) is 9.73. The summed E-state index contributed by atoms with van der Waals surface area (Å²) in [6.07, 6.45) is -1.03. The van der Waals surface area contributed by atoms with Gasteiger partial charge in [0.15, 0.2) is 6.10 Å². The lowest BCUT2D eigenvalue weighted by atomic mass is 10.0. The zero-order valence-electron chi connectivity index (χ0n) is 15.9. The highest BCUT2D eigenvalue weighted by molar-refractivity contribution is 7.12. The molecule has 0 aliphatic carbocycles. The average molecular weight is 406 g/mol. The zero-order valence-corrected chi connectivity index (χ0v) is 16.7. The van der Waals surface area contributed by atoms with Crippen LogP contribution >= 0.6 is 11.3 Å². The number of hydrogen-bond donors (Lipinski definition) is 2. The molecule has 0 spiro atoms. The topological polar surface area (TPSA) is 84.5 Å². The van der Waals surface area contributed by atoms with E-state index in [1.807, 2.05) is 0 Å². The summed E-state index contributed by atoms with van der Waals surface area (Å²) in [5.41, 5.74) is 0.719. The number of esters is 1. The van der Waals surface area contributed by atoms with Crippen molar-refractivity contribution in [2.45, 2.75) is 39.5 Å². The molecule has 2 rings (SSSR count). The van der Waals surface area contributed by atoms with Crippen LogP contribution in [0.25, 0.3) is 0 Å². The van der Waals surface area contributed by atoms with Crippen LogP contribution in [0.5, 0.6) is 0 Å². The Balaban J connectivity index is 1.89. The summed E-state index contributed by atoms with van der Waals surface area (Å²) in [6.45, 7) is 5.19. The van der Waals surface area contributed by atoms with Gasteiger partial charge < -0.3 is 15.4 Å². The van der Waals surface area contributed by atoms with Crippen LogP contribution in [0.4, 0.5) is 4.39 Å². The number of carbonyl (C=O) groups is 3. The van der Waals surface area contributed by atoms with Crippen molar-refractivity contribution >= 4 is 29.1 Å². The van der Waals surface area contributed by atoms with E-state index in [1.54, 1.807) is 43.5 Å². The number of amides is 2. The summed E-state index contributed by atoms with van der Waals surface area (Å²) in [6, 6.07) is 8.25. The van der Waals surface area contributed by atoms with Crippen molar-refractivity contribution in [2.24, 2.45) is 5.92 Å². The Labute approximate surface area is 167 Å². The van der Waals surface area contributed by atoms with E-state index in [0.717, 1.165) is 5.56 Å². The van der Waals surface area contributed by atoms with Gasteiger partial charge in [0.1, 0.15) is 11.9 Å². The molecule has 2 N–H and O–H groups in total. The number of thiophene rings is 1. The second kappa shape index (κ2) is 9.98. The summed E-state index contributed by atoms with van der Waals surface area (Å²) in [5, 5.41) is 7.06. The third-order valence-corrected chi connectivity index (χ3v) is 4.86. The van der Waals surface area contributed by atoms with Crippen LogP contribution in [0, 0.1) is 11.7 Å². The monoisotopic (exact) mass is 406 g/mol. The van der Waals surface area contributed by atoms with Gasteiger partial charge in [-0.25, -0.2) is 9.18 Å². The van der Waals surface area contributed by atoms with Gasteiger partial charge in [-0.2, -0.15) is 0 Å². The molecule has 0 radical (unpaired) electrons. The van der Waals surface area contributed by atoms with Crippen LogP contribution in [-0.2, 0) is 20.9 Å². The van der Waals surface area contributed by atoms with Crippen molar-refractivity contribution in [1.82, 2.24) is 10.6 Å². The van der Waals surface area contributed by atoms with Crippen LogP contribution in [0.2, 0.25) is 0 Å². The van der Waals surface area contributed by atoms with E-state index in [1.165, 1.54) is 30.4 Å². The Morgan fingerprint density at radius 3 is 2.36 bits per heavy atom. The van der Waals surface area contributed by atoms with E-state index >= 15 is 0 Å². The third-order valence-electron chi connectivity index (χ3n) is 3.99. The fourth-order valence-corrected chi connectivity index (χ4v) is 2.98. The minimum atomic E-state index is -1.03. The predicted octanol–water partition coefficient (Wildman–Crippen LogP) is 2.89. The Morgan fingerprint density at radius 1 is 1.11 bits per heavy atom. The quantitative estimate of drug-likeness (QED) is 0.660. The average Bonchev–Trinajstić information content (AvgIpc) is 3.19. The summed E-state index contributed by atoms with van der Waals surface area (Å²) in [5.74, 6) is -2.10. The Kier molecular flexibility index (Phi) is 7.69. The molecule has 6 nitrogen and oxygen atoms in total. The molecule has 28 heavy (non-hydrogen) atoms. The highest BCUT2D eigenvalue weighted by atomic mass is 32.1. The molecule has 1 heterocycles. The maximum atomic E-state index is 12.9. The summed E-state index contributed by atoms with van der Waals surface area (Å²) in [4.78, 5) is 37.3. The maximum Gasteiger partial charge on any atom is 0.329 e. The number of nitrogens with one attached hydrogen (secondary N) is 2. The molecular weight excluding hydrogens is 383 g/mol. The first-order chi connectivity index (χ1) is 13.3. The van der Waals surface area contributed by atoms with E-state index in [-0.39, 0.29) is 24.2 Å². The normalized spacial score (nSPS) is 12.9. The number of hydrogen-bond acceptors (Lipinski definition) is 5. The van der Waals surface area contributed by atoms with Gasteiger partial charge in [-0.15, -0.1) is 11.3 Å². The second-order valence-electron chi connectivity index (χ2n) is 6.60. The number of halogens is 1. The van der Waals surface area contributed by atoms with Crippen LogP contribution < -0.4 is 10.6 Å². The molecule has 0 saturated heterocycles. The number of benzene rings is 1. The summed E-state index contributed by atoms with van der Waals surface area (Å²) < 4.78 is 18.1. The highest BCUT2D eigenvalue weighted by Crippen LogP contribution is 2.12. The molecule has 0 bridgehead atoms. The van der Waals surface area contributed by atoms with Crippen molar-refractivity contribution in [3.8, 4) is 0 Å². The minimum Gasteiger partial charge on any atom is -0.451 e. The predicted molar refractivity (Wildman–Crippen MR) is 104 cm³/mol. The van der Waals surface area contributed by atoms with Gasteiger partial charge in [-0.05, 0) is 42.0 Å². The first kappa shape index (κ1) is 21.6. The maximum absolute atomic E-state index is 12.9. The van der Waals surface area contributed by atoms with E-state index in [2.05, 4.69) is 10.6 Å². The van der Waals surface area contributed by atoms with Gasteiger partial charge in [0.2, 0.25) is 0 Å². The van der Waals surface area contributed by atoms with E-state index in [4.69, 9.17) is 4.74 Å². The van der Waals surface area contributed by atoms with Gasteiger partial charge in [0.05, 0.1) is 4.88 Å². The van der Waals surface area contributed by atoms with Gasteiger partial charge in [-0.3, -0.25) is 9.59 Å². The smallest absolute Gasteiger partial charge is 0.329 e. The van der Waals surface area contributed by atoms with Crippen LogP contribution in [0.1, 0.15) is 36.0 Å². The van der Waals surface area contributed by atoms with Crippen LogP contribution in [0.15, 0.2) is 41.8 Å². The molecule has 2 aromatic rings. The lowest BCUT2D eigenvalue weighted by molar-refractivity contribution is -0.157. The summed E-state index contributed by atoms with van der Waals surface area (Å²) in [7, 11) is 0. The van der Waals surface area contributed by atoms with E-state index < -0.39 is 24.0 Å². The Hall–Kier alpha value is -2.74. The van der Waals surface area contributed by atoms with Crippen molar-refractivity contribution in [2.75, 3.05) is 0 Å². The number of rotatable bonds is 8. The van der Waals surface area contributed by atoms with Crippen molar-refractivity contribution in [3.63, 3.8) is 0 Å². The third kappa shape index (κ3) is 6.16. The fraction of sp³-hybridized carbons (Fsp3) is 0.350. The number of carbonyl (C=O) groups excluding carboxylic acids is 3. The molecule has 0 saturated carbocycles. The molecular formula is C20H23FN2O4S. The standard InChI is InChI=1S/C20H23FN2O4S/c1-12(2)17(23-19(25)16-5-4-10-28-16)20(26)27-13(3)18(24)22-11-14-6-8-15(21)9-7-14/h4-10,12-13,17H,11H2,1-3H3,(H,22,24)(H,23,25)/t13-,17+/m1/s1. The van der Waals surface area contributed by atoms with Gasteiger partial charge in [0.25, 0.3) is 11.8 Å². The second-order valence-corrected chi connectivity index (χ2v) is 7.54. The molecule has 150 valence electrons. The van der Waals surface area contributed by atoms with Crippen molar-refractivity contribution in [1.29, 1.82) is 0 Å². The van der Waals surface area contributed by atoms with Crippen molar-refractivity contribution < 1.29 is 23.5 Å². The molecule has 2 atom stereocenters. The molecule has 0 fully saturated rings. The lowest BCUT2D eigenvalue weighted by Gasteiger charge is -2.22. The molecule has 1 aromatic heterocycles. The van der Waals surface area contributed by atoms with Gasteiger partial charge in [0, 0.05) is 6.54 Å². The van der Waals surface area contributed by atoms with Crippen LogP contribution in [0.3, 0.4) is 0 Å². The first-order valence-electron chi connectivity index (χ1n) is 8.85. The SMILES string of the molecule is CC(C)[C@H](NC(=O)c1cccs1)C(=O)O[C@H](C)C(=O)NCc1ccc(F)cc1. The molecule has 1 aromatic carbocycles. The molecule has 8 heteroatoms. The number of ether oxygens (including phenoxy) is 1. The molecule has 2 amide bonds. The molecule has 0 unspecified atom stereocenters. The highest BCUT2D eigenvalue weighted by Gasteiger charge is 2.29. The Bertz CT molecular complexity index is 806.